The summed E-state index contributed by atoms with van der Waals surface area (Å²) in [5, 5.41) is 4.40. The van der Waals surface area contributed by atoms with Crippen LogP contribution in [-0.2, 0) is 9.53 Å². The zero-order valence-corrected chi connectivity index (χ0v) is 13.6. The molecular formula is C15H19Cl2NO3. The minimum Gasteiger partial charge on any atom is -0.496 e. The second kappa shape index (κ2) is 7.34. The summed E-state index contributed by atoms with van der Waals surface area (Å²) in [6, 6.07) is 3.65. The van der Waals surface area contributed by atoms with Crippen molar-refractivity contribution in [2.45, 2.75) is 31.2 Å². The lowest BCUT2D eigenvalue weighted by Gasteiger charge is -2.31. The van der Waals surface area contributed by atoms with E-state index in [0.29, 0.717) is 16.5 Å². The molecule has 6 heteroatoms. The maximum absolute atomic E-state index is 11.4. The van der Waals surface area contributed by atoms with Gasteiger partial charge in [-0.2, -0.15) is 0 Å². The Morgan fingerprint density at radius 3 is 2.81 bits per heavy atom. The van der Waals surface area contributed by atoms with Gasteiger partial charge in [0.05, 0.1) is 30.7 Å². The zero-order chi connectivity index (χ0) is 15.4. The largest absolute Gasteiger partial charge is 0.496 e. The SMILES string of the molecule is COC(=O)C[C@H]1C[C@@H](c2c(OC)ccc(Cl)c2Cl)CCN1. The number of carbonyl (C=O) groups is 1. The quantitative estimate of drug-likeness (QED) is 0.859. The molecule has 1 aliphatic rings. The van der Waals surface area contributed by atoms with Crippen LogP contribution in [0.3, 0.4) is 0 Å². The van der Waals surface area contributed by atoms with Gasteiger partial charge in [0, 0.05) is 11.6 Å². The summed E-state index contributed by atoms with van der Waals surface area (Å²) in [5.41, 5.74) is 0.933. The van der Waals surface area contributed by atoms with Crippen LogP contribution in [0.1, 0.15) is 30.7 Å². The highest BCUT2D eigenvalue weighted by molar-refractivity contribution is 6.42. The molecule has 0 saturated carbocycles. The molecule has 1 aromatic carbocycles. The van der Waals surface area contributed by atoms with Crippen LogP contribution >= 0.6 is 23.2 Å². The first-order valence-corrected chi connectivity index (χ1v) is 7.64. The van der Waals surface area contributed by atoms with Crippen LogP contribution < -0.4 is 10.1 Å². The Bertz CT molecular complexity index is 522. The van der Waals surface area contributed by atoms with Crippen LogP contribution in [-0.4, -0.2) is 32.8 Å². The second-order valence-corrected chi connectivity index (χ2v) is 5.92. The molecule has 1 heterocycles. The van der Waals surface area contributed by atoms with E-state index in [2.05, 4.69) is 5.32 Å². The number of rotatable bonds is 4. The number of hydrogen-bond acceptors (Lipinski definition) is 4. The number of hydrogen-bond donors (Lipinski definition) is 1. The summed E-state index contributed by atoms with van der Waals surface area (Å²) in [5.74, 6) is 0.743. The molecule has 0 amide bonds. The predicted molar refractivity (Wildman–Crippen MR) is 83.4 cm³/mol. The van der Waals surface area contributed by atoms with E-state index in [-0.39, 0.29) is 17.9 Å². The first-order valence-electron chi connectivity index (χ1n) is 6.88. The number of esters is 1. The van der Waals surface area contributed by atoms with Crippen molar-refractivity contribution in [2.75, 3.05) is 20.8 Å². The summed E-state index contributed by atoms with van der Waals surface area (Å²) in [4.78, 5) is 11.4. The van der Waals surface area contributed by atoms with Crippen LogP contribution in [0.4, 0.5) is 0 Å². The topological polar surface area (TPSA) is 47.6 Å². The molecule has 0 aromatic heterocycles. The van der Waals surface area contributed by atoms with Gasteiger partial charge in [0.25, 0.3) is 0 Å². The smallest absolute Gasteiger partial charge is 0.307 e. The Balaban J connectivity index is 2.21. The summed E-state index contributed by atoms with van der Waals surface area (Å²) >= 11 is 12.5. The summed E-state index contributed by atoms with van der Waals surface area (Å²) in [7, 11) is 3.02. The fourth-order valence-electron chi connectivity index (χ4n) is 2.82. The van der Waals surface area contributed by atoms with Crippen LogP contribution in [0, 0.1) is 0 Å². The molecule has 0 unspecified atom stereocenters. The monoisotopic (exact) mass is 331 g/mol. The van der Waals surface area contributed by atoms with Crippen molar-refractivity contribution in [3.63, 3.8) is 0 Å². The van der Waals surface area contributed by atoms with Gasteiger partial charge in [0.2, 0.25) is 0 Å². The summed E-state index contributed by atoms with van der Waals surface area (Å²) in [6.07, 6.45) is 2.08. The highest BCUT2D eigenvalue weighted by atomic mass is 35.5. The normalized spacial score (nSPS) is 21.9. The van der Waals surface area contributed by atoms with Gasteiger partial charge in [0.15, 0.2) is 0 Å². The maximum Gasteiger partial charge on any atom is 0.307 e. The lowest BCUT2D eigenvalue weighted by Crippen LogP contribution is -2.39. The number of carbonyl (C=O) groups excluding carboxylic acids is 1. The molecule has 1 aliphatic heterocycles. The molecule has 1 fully saturated rings. The minimum absolute atomic E-state index is 0.0796. The van der Waals surface area contributed by atoms with E-state index in [1.54, 1.807) is 13.2 Å². The maximum atomic E-state index is 11.4. The van der Waals surface area contributed by atoms with E-state index < -0.39 is 0 Å². The number of benzene rings is 1. The van der Waals surface area contributed by atoms with Crippen molar-refractivity contribution in [3.05, 3.63) is 27.7 Å². The Morgan fingerprint density at radius 1 is 1.38 bits per heavy atom. The second-order valence-electron chi connectivity index (χ2n) is 5.13. The van der Waals surface area contributed by atoms with Crippen LogP contribution in [0.2, 0.25) is 10.0 Å². The van der Waals surface area contributed by atoms with Gasteiger partial charge in [-0.25, -0.2) is 0 Å². The lowest BCUT2D eigenvalue weighted by atomic mass is 9.85. The van der Waals surface area contributed by atoms with Crippen molar-refractivity contribution in [1.82, 2.24) is 5.32 Å². The third-order valence-electron chi connectivity index (χ3n) is 3.86. The van der Waals surface area contributed by atoms with Crippen molar-refractivity contribution in [3.8, 4) is 5.75 Å². The van der Waals surface area contributed by atoms with Crippen LogP contribution in [0.5, 0.6) is 5.75 Å². The molecular weight excluding hydrogens is 313 g/mol. The molecule has 0 aliphatic carbocycles. The number of ether oxygens (including phenoxy) is 2. The minimum atomic E-state index is -0.211. The molecule has 0 spiro atoms. The van der Waals surface area contributed by atoms with Crippen molar-refractivity contribution in [1.29, 1.82) is 0 Å². The molecule has 1 aromatic rings. The van der Waals surface area contributed by atoms with Gasteiger partial charge in [-0.15, -0.1) is 0 Å². The van der Waals surface area contributed by atoms with Crippen LogP contribution in [0.15, 0.2) is 12.1 Å². The molecule has 116 valence electrons. The standard InChI is InChI=1S/C15H19Cl2NO3/c1-20-12-4-3-11(16)15(17)14(12)9-5-6-18-10(7-9)8-13(19)21-2/h3-4,9-10,18H,5-8H2,1-2H3/t9-,10+/m0/s1. The molecule has 21 heavy (non-hydrogen) atoms. The van der Waals surface area contributed by atoms with Gasteiger partial charge in [0.1, 0.15) is 5.75 Å². The average Bonchev–Trinajstić information content (AvgIpc) is 2.49. The molecule has 4 nitrogen and oxygen atoms in total. The predicted octanol–water partition coefficient (Wildman–Crippen LogP) is 3.40. The van der Waals surface area contributed by atoms with Crippen molar-refractivity contribution < 1.29 is 14.3 Å². The fraction of sp³-hybridized carbons (Fsp3) is 0.533. The van der Waals surface area contributed by atoms with Gasteiger partial charge < -0.3 is 14.8 Å². The fourth-order valence-corrected chi connectivity index (χ4v) is 3.29. The first kappa shape index (κ1) is 16.4. The van der Waals surface area contributed by atoms with Crippen molar-refractivity contribution >= 4 is 29.2 Å². The van der Waals surface area contributed by atoms with Gasteiger partial charge >= 0.3 is 5.97 Å². The highest BCUT2D eigenvalue weighted by Crippen LogP contribution is 2.42. The first-order chi connectivity index (χ1) is 10.1. The Morgan fingerprint density at radius 2 is 2.14 bits per heavy atom. The van der Waals surface area contributed by atoms with Crippen molar-refractivity contribution in [2.24, 2.45) is 0 Å². The van der Waals surface area contributed by atoms with E-state index in [9.17, 15) is 4.79 Å². The molecule has 2 rings (SSSR count). The van der Waals surface area contributed by atoms with Gasteiger partial charge in [-0.3, -0.25) is 4.79 Å². The Labute approximate surface area is 134 Å². The van der Waals surface area contributed by atoms with E-state index in [4.69, 9.17) is 32.7 Å². The number of nitrogens with one attached hydrogen (secondary N) is 1. The molecule has 1 N–H and O–H groups in total. The van der Waals surface area contributed by atoms with Crippen LogP contribution in [0.25, 0.3) is 0 Å². The Kier molecular flexibility index (Phi) is 5.73. The summed E-state index contributed by atoms with van der Waals surface area (Å²) in [6.45, 7) is 0.818. The van der Waals surface area contributed by atoms with Gasteiger partial charge in [-0.1, -0.05) is 23.2 Å². The number of piperidine rings is 1. The van der Waals surface area contributed by atoms with E-state index in [0.717, 1.165) is 30.7 Å². The zero-order valence-electron chi connectivity index (χ0n) is 12.1. The third kappa shape index (κ3) is 3.82. The van der Waals surface area contributed by atoms with E-state index >= 15 is 0 Å². The number of halogens is 2. The number of methoxy groups -OCH3 is 2. The summed E-state index contributed by atoms with van der Waals surface area (Å²) < 4.78 is 10.1. The molecule has 0 radical (unpaired) electrons. The average molecular weight is 332 g/mol. The lowest BCUT2D eigenvalue weighted by molar-refractivity contribution is -0.141. The van der Waals surface area contributed by atoms with E-state index in [1.807, 2.05) is 6.07 Å². The highest BCUT2D eigenvalue weighted by Gasteiger charge is 2.29. The molecule has 2 atom stereocenters. The third-order valence-corrected chi connectivity index (χ3v) is 4.68. The van der Waals surface area contributed by atoms with E-state index in [1.165, 1.54) is 7.11 Å². The Hall–Kier alpha value is -0.970. The molecule has 1 saturated heterocycles. The molecule has 0 bridgehead atoms. The van der Waals surface area contributed by atoms with Gasteiger partial charge in [-0.05, 0) is 37.4 Å².